The Kier molecular flexibility index (Phi) is 10.2. The molecule has 6 heteroatoms. The Morgan fingerprint density at radius 2 is 2.10 bits per heavy atom. The SMILES string of the molecule is CCOCCCNC(=NC)NCC(C)CN1CCOCC1. The standard InChI is InChI=1S/C15H32N4O2/c1-4-20-9-5-6-17-15(16-3)18-12-14(2)13-19-7-10-21-11-8-19/h14H,4-13H2,1-3H3,(H2,16,17,18). The number of nitrogens with zero attached hydrogens (tertiary/aromatic N) is 2. The zero-order chi connectivity index (χ0) is 15.3. The van der Waals surface area contributed by atoms with Crippen LogP contribution in [0.4, 0.5) is 0 Å². The van der Waals surface area contributed by atoms with E-state index in [1.165, 1.54) is 0 Å². The Bertz CT molecular complexity index is 281. The molecular formula is C15H32N4O2. The van der Waals surface area contributed by atoms with E-state index in [0.29, 0.717) is 5.92 Å². The van der Waals surface area contributed by atoms with Crippen LogP contribution >= 0.6 is 0 Å². The number of ether oxygens (including phenoxy) is 2. The van der Waals surface area contributed by atoms with Gasteiger partial charge in [0.2, 0.25) is 0 Å². The molecule has 1 aliphatic rings. The monoisotopic (exact) mass is 300 g/mol. The van der Waals surface area contributed by atoms with Crippen LogP contribution in [0.5, 0.6) is 0 Å². The van der Waals surface area contributed by atoms with Gasteiger partial charge in [-0.15, -0.1) is 0 Å². The topological polar surface area (TPSA) is 58.1 Å². The zero-order valence-electron chi connectivity index (χ0n) is 13.9. The van der Waals surface area contributed by atoms with Crippen molar-refractivity contribution in [3.05, 3.63) is 0 Å². The molecule has 0 amide bonds. The van der Waals surface area contributed by atoms with Gasteiger partial charge in [0.05, 0.1) is 13.2 Å². The van der Waals surface area contributed by atoms with Gasteiger partial charge < -0.3 is 20.1 Å². The third-order valence-electron chi connectivity index (χ3n) is 3.48. The van der Waals surface area contributed by atoms with Crippen LogP contribution in [-0.4, -0.2) is 77.1 Å². The van der Waals surface area contributed by atoms with Crippen molar-refractivity contribution < 1.29 is 9.47 Å². The molecule has 0 aliphatic carbocycles. The predicted molar refractivity (Wildman–Crippen MR) is 86.9 cm³/mol. The molecule has 1 heterocycles. The highest BCUT2D eigenvalue weighted by atomic mass is 16.5. The highest BCUT2D eigenvalue weighted by molar-refractivity contribution is 5.79. The summed E-state index contributed by atoms with van der Waals surface area (Å²) in [6.45, 7) is 12.6. The lowest BCUT2D eigenvalue weighted by atomic mass is 10.1. The number of nitrogens with one attached hydrogen (secondary N) is 2. The molecular weight excluding hydrogens is 268 g/mol. The molecule has 1 unspecified atom stereocenters. The number of hydrogen-bond donors (Lipinski definition) is 2. The Hall–Kier alpha value is -0.850. The highest BCUT2D eigenvalue weighted by Crippen LogP contribution is 2.02. The molecule has 0 aromatic rings. The van der Waals surface area contributed by atoms with Crippen molar-refractivity contribution >= 4 is 5.96 Å². The van der Waals surface area contributed by atoms with Gasteiger partial charge >= 0.3 is 0 Å². The summed E-state index contributed by atoms with van der Waals surface area (Å²) in [5.74, 6) is 1.46. The minimum absolute atomic E-state index is 0.588. The van der Waals surface area contributed by atoms with Crippen molar-refractivity contribution in [3.63, 3.8) is 0 Å². The van der Waals surface area contributed by atoms with E-state index in [1.807, 2.05) is 14.0 Å². The summed E-state index contributed by atoms with van der Waals surface area (Å²) < 4.78 is 10.7. The molecule has 0 spiro atoms. The van der Waals surface area contributed by atoms with Gasteiger partial charge in [0.25, 0.3) is 0 Å². The number of rotatable bonds is 9. The molecule has 1 saturated heterocycles. The number of aliphatic imine (C=N–C) groups is 1. The van der Waals surface area contributed by atoms with Crippen LogP contribution in [0.15, 0.2) is 4.99 Å². The number of morpholine rings is 1. The van der Waals surface area contributed by atoms with Crippen molar-refractivity contribution in [2.24, 2.45) is 10.9 Å². The fraction of sp³-hybridized carbons (Fsp3) is 0.933. The van der Waals surface area contributed by atoms with Gasteiger partial charge in [-0.05, 0) is 19.3 Å². The molecule has 0 radical (unpaired) electrons. The molecule has 0 aromatic heterocycles. The Balaban J connectivity index is 2.09. The highest BCUT2D eigenvalue weighted by Gasteiger charge is 2.13. The third kappa shape index (κ3) is 8.90. The fourth-order valence-corrected chi connectivity index (χ4v) is 2.31. The molecule has 1 atom stereocenters. The second-order valence-corrected chi connectivity index (χ2v) is 5.45. The van der Waals surface area contributed by atoms with Crippen molar-refractivity contribution in [1.29, 1.82) is 0 Å². The maximum Gasteiger partial charge on any atom is 0.190 e. The lowest BCUT2D eigenvalue weighted by Crippen LogP contribution is -2.44. The molecule has 21 heavy (non-hydrogen) atoms. The van der Waals surface area contributed by atoms with E-state index < -0.39 is 0 Å². The quantitative estimate of drug-likeness (QED) is 0.370. The molecule has 0 aromatic carbocycles. The van der Waals surface area contributed by atoms with Gasteiger partial charge in [-0.2, -0.15) is 0 Å². The van der Waals surface area contributed by atoms with Gasteiger partial charge in [-0.25, -0.2) is 0 Å². The maximum atomic E-state index is 5.37. The summed E-state index contributed by atoms with van der Waals surface area (Å²) in [7, 11) is 1.81. The van der Waals surface area contributed by atoms with Crippen molar-refractivity contribution in [1.82, 2.24) is 15.5 Å². The first-order valence-corrected chi connectivity index (χ1v) is 8.08. The lowest BCUT2D eigenvalue weighted by molar-refractivity contribution is 0.0320. The van der Waals surface area contributed by atoms with Gasteiger partial charge in [-0.1, -0.05) is 6.92 Å². The van der Waals surface area contributed by atoms with Gasteiger partial charge in [0.1, 0.15) is 0 Å². The van der Waals surface area contributed by atoms with Gasteiger partial charge in [-0.3, -0.25) is 9.89 Å². The Morgan fingerprint density at radius 3 is 2.76 bits per heavy atom. The van der Waals surface area contributed by atoms with Crippen LogP contribution in [0.1, 0.15) is 20.3 Å². The summed E-state index contributed by atoms with van der Waals surface area (Å²) in [4.78, 5) is 6.71. The second kappa shape index (κ2) is 11.8. The third-order valence-corrected chi connectivity index (χ3v) is 3.48. The minimum Gasteiger partial charge on any atom is -0.382 e. The Morgan fingerprint density at radius 1 is 1.33 bits per heavy atom. The first-order valence-electron chi connectivity index (χ1n) is 8.08. The first-order chi connectivity index (χ1) is 10.3. The molecule has 6 nitrogen and oxygen atoms in total. The molecule has 0 saturated carbocycles. The van der Waals surface area contributed by atoms with Crippen LogP contribution in [0.2, 0.25) is 0 Å². The van der Waals surface area contributed by atoms with Crippen LogP contribution in [-0.2, 0) is 9.47 Å². The van der Waals surface area contributed by atoms with Crippen LogP contribution in [0, 0.1) is 5.92 Å². The Labute approximate surface area is 129 Å². The van der Waals surface area contributed by atoms with E-state index in [2.05, 4.69) is 27.4 Å². The summed E-state index contributed by atoms with van der Waals surface area (Å²) in [5.41, 5.74) is 0. The average Bonchev–Trinajstić information content (AvgIpc) is 2.51. The van der Waals surface area contributed by atoms with E-state index in [4.69, 9.17) is 9.47 Å². The number of guanidine groups is 1. The van der Waals surface area contributed by atoms with Crippen LogP contribution in [0.3, 0.4) is 0 Å². The number of hydrogen-bond acceptors (Lipinski definition) is 4. The van der Waals surface area contributed by atoms with E-state index in [9.17, 15) is 0 Å². The van der Waals surface area contributed by atoms with E-state index in [-0.39, 0.29) is 0 Å². The maximum absolute atomic E-state index is 5.37. The zero-order valence-corrected chi connectivity index (χ0v) is 13.9. The molecule has 1 fully saturated rings. The van der Waals surface area contributed by atoms with E-state index >= 15 is 0 Å². The van der Waals surface area contributed by atoms with Crippen LogP contribution < -0.4 is 10.6 Å². The largest absolute Gasteiger partial charge is 0.382 e. The van der Waals surface area contributed by atoms with Crippen molar-refractivity contribution in [2.45, 2.75) is 20.3 Å². The summed E-state index contributed by atoms with van der Waals surface area (Å²) in [6, 6.07) is 0. The summed E-state index contributed by atoms with van der Waals surface area (Å²) in [5, 5.41) is 6.70. The smallest absolute Gasteiger partial charge is 0.190 e. The van der Waals surface area contributed by atoms with Gasteiger partial charge in [0, 0.05) is 53.0 Å². The summed E-state index contributed by atoms with van der Waals surface area (Å²) in [6.07, 6.45) is 0.998. The van der Waals surface area contributed by atoms with Crippen LogP contribution in [0.25, 0.3) is 0 Å². The van der Waals surface area contributed by atoms with E-state index in [1.54, 1.807) is 0 Å². The van der Waals surface area contributed by atoms with Crippen molar-refractivity contribution in [3.8, 4) is 0 Å². The van der Waals surface area contributed by atoms with Gasteiger partial charge in [0.15, 0.2) is 5.96 Å². The fourth-order valence-electron chi connectivity index (χ4n) is 2.31. The average molecular weight is 300 g/mol. The molecule has 2 N–H and O–H groups in total. The first kappa shape index (κ1) is 18.2. The molecule has 0 bridgehead atoms. The second-order valence-electron chi connectivity index (χ2n) is 5.45. The normalized spacial score (nSPS) is 18.5. The molecule has 1 aliphatic heterocycles. The summed E-state index contributed by atoms with van der Waals surface area (Å²) >= 11 is 0. The minimum atomic E-state index is 0.588. The predicted octanol–water partition coefficient (Wildman–Crippen LogP) is 0.546. The molecule has 124 valence electrons. The van der Waals surface area contributed by atoms with Crippen molar-refractivity contribution in [2.75, 3.05) is 66.2 Å². The lowest BCUT2D eigenvalue weighted by Gasteiger charge is -2.29. The van der Waals surface area contributed by atoms with E-state index in [0.717, 1.165) is 71.5 Å². The molecule has 1 rings (SSSR count).